The Bertz CT molecular complexity index is 2060. The van der Waals surface area contributed by atoms with Gasteiger partial charge in [-0.15, -0.1) is 0 Å². The molecule has 3 aliphatic heterocycles. The van der Waals surface area contributed by atoms with Crippen LogP contribution in [-0.4, -0.2) is 92.7 Å². The van der Waals surface area contributed by atoms with Crippen molar-refractivity contribution in [1.82, 2.24) is 15.1 Å². The number of benzene rings is 4. The number of aromatic hydroxyl groups is 1. The number of hydrogen-bond donors (Lipinski definition) is 2. The Kier molecular flexibility index (Phi) is 8.63. The molecule has 1 atom stereocenters. The van der Waals surface area contributed by atoms with Gasteiger partial charge >= 0.3 is 0 Å². The minimum absolute atomic E-state index is 0.0637. The van der Waals surface area contributed by atoms with Gasteiger partial charge in [0.05, 0.1) is 0 Å². The monoisotopic (exact) mass is 684 g/mol. The number of amides is 3. The predicted molar refractivity (Wildman–Crippen MR) is 182 cm³/mol. The zero-order valence-electron chi connectivity index (χ0n) is 26.9. The highest BCUT2D eigenvalue weighted by Gasteiger charge is 2.39. The number of sulfone groups is 1. The maximum atomic E-state index is 13.0. The first-order chi connectivity index (χ1) is 23.5. The Hall–Kier alpha value is -5.14. The van der Waals surface area contributed by atoms with Crippen LogP contribution in [0.1, 0.15) is 28.8 Å². The first kappa shape index (κ1) is 32.4. The highest BCUT2D eigenvalue weighted by atomic mass is 32.2. The van der Waals surface area contributed by atoms with E-state index in [1.807, 2.05) is 18.2 Å². The van der Waals surface area contributed by atoms with Crippen LogP contribution < -0.4 is 19.7 Å². The summed E-state index contributed by atoms with van der Waals surface area (Å²) in [7, 11) is -3.57. The number of nitrogens with zero attached hydrogens (tertiary/aromatic N) is 3. The molecule has 0 aromatic heterocycles. The van der Waals surface area contributed by atoms with Gasteiger partial charge in [0.2, 0.25) is 11.8 Å². The van der Waals surface area contributed by atoms with Gasteiger partial charge in [-0.1, -0.05) is 6.07 Å². The maximum absolute atomic E-state index is 13.0. The largest absolute Gasteiger partial charge is 0.508 e. The number of fused-ring (bicyclic) bond motifs is 2. The van der Waals surface area contributed by atoms with E-state index in [0.29, 0.717) is 47.4 Å². The van der Waals surface area contributed by atoms with Gasteiger partial charge in [0.1, 0.15) is 34.8 Å². The second-order valence-corrected chi connectivity index (χ2v) is 14.5. The van der Waals surface area contributed by atoms with E-state index in [-0.39, 0.29) is 34.6 Å². The highest BCUT2D eigenvalue weighted by Crippen LogP contribution is 2.38. The van der Waals surface area contributed by atoms with Gasteiger partial charge in [0.25, 0.3) is 5.91 Å². The summed E-state index contributed by atoms with van der Waals surface area (Å²) in [4.78, 5) is 43.2. The van der Waals surface area contributed by atoms with Crippen LogP contribution in [0.4, 0.5) is 5.69 Å². The quantitative estimate of drug-likeness (QED) is 0.250. The normalized spacial score (nSPS) is 18.5. The van der Waals surface area contributed by atoms with Crippen molar-refractivity contribution in [3.8, 4) is 23.0 Å². The lowest BCUT2D eigenvalue weighted by atomic mass is 10.0. The van der Waals surface area contributed by atoms with E-state index in [2.05, 4.69) is 15.1 Å². The van der Waals surface area contributed by atoms with Crippen LogP contribution in [-0.2, 0) is 26.0 Å². The smallest absolute Gasteiger partial charge is 0.255 e. The van der Waals surface area contributed by atoms with Crippen molar-refractivity contribution in [1.29, 1.82) is 0 Å². The molecule has 2 fully saturated rings. The number of rotatable bonds is 9. The van der Waals surface area contributed by atoms with Gasteiger partial charge in [-0.3, -0.25) is 24.6 Å². The van der Waals surface area contributed by atoms with Crippen LogP contribution in [0.5, 0.6) is 23.0 Å². The molecule has 0 bridgehead atoms. The number of anilines is 1. The molecule has 2 N–H and O–H groups in total. The number of hydrogen-bond acceptors (Lipinski definition) is 10. The molecule has 49 heavy (non-hydrogen) atoms. The zero-order chi connectivity index (χ0) is 34.3. The van der Waals surface area contributed by atoms with Crippen LogP contribution in [0, 0.1) is 0 Å². The molecule has 4 aromatic rings. The van der Waals surface area contributed by atoms with E-state index < -0.39 is 21.8 Å². The Morgan fingerprint density at radius 1 is 0.898 bits per heavy atom. The van der Waals surface area contributed by atoms with Crippen molar-refractivity contribution < 1.29 is 37.4 Å². The molecule has 3 amide bonds. The van der Waals surface area contributed by atoms with E-state index >= 15 is 0 Å². The summed E-state index contributed by atoms with van der Waals surface area (Å²) in [5, 5.41) is 13.4. The third kappa shape index (κ3) is 6.76. The Balaban J connectivity index is 0.908. The van der Waals surface area contributed by atoms with Crippen molar-refractivity contribution in [2.45, 2.75) is 30.3 Å². The number of ether oxygens (including phenoxy) is 2. The molecule has 254 valence electrons. The third-order valence-corrected chi connectivity index (χ3v) is 10.4. The summed E-state index contributed by atoms with van der Waals surface area (Å²) in [5.74, 6) is 0.519. The lowest BCUT2D eigenvalue weighted by Gasteiger charge is -2.36. The maximum Gasteiger partial charge on any atom is 0.255 e. The number of nitrogens with one attached hydrogen (secondary N) is 1. The molecule has 4 aromatic carbocycles. The SMILES string of the molecule is CS(=O)(=O)c1ccc2cc(O)ccc2c1Oc1ccc(OCCN2CCN(c3ccc4c(c3)CN(C3CCC(=O)NC3=O)C4=O)CC2)cc1. The van der Waals surface area contributed by atoms with Gasteiger partial charge in [-0.25, -0.2) is 8.42 Å². The van der Waals surface area contributed by atoms with Crippen LogP contribution >= 0.6 is 0 Å². The zero-order valence-corrected chi connectivity index (χ0v) is 27.7. The molecule has 3 heterocycles. The minimum atomic E-state index is -3.57. The van der Waals surface area contributed by atoms with Crippen LogP contribution in [0.3, 0.4) is 0 Å². The average Bonchev–Trinajstić information content (AvgIpc) is 3.40. The summed E-state index contributed by atoms with van der Waals surface area (Å²) < 4.78 is 37.1. The first-order valence-electron chi connectivity index (χ1n) is 16.1. The molecule has 1 unspecified atom stereocenters. The summed E-state index contributed by atoms with van der Waals surface area (Å²) in [6.45, 7) is 4.92. The molecule has 7 rings (SSSR count). The molecule has 3 aliphatic rings. The predicted octanol–water partition coefficient (Wildman–Crippen LogP) is 3.70. The molecule has 0 radical (unpaired) electrons. The topological polar surface area (TPSA) is 146 Å². The van der Waals surface area contributed by atoms with Gasteiger partial charge in [-0.05, 0) is 84.1 Å². The molecule has 13 heteroatoms. The van der Waals surface area contributed by atoms with E-state index in [0.717, 1.165) is 50.2 Å². The van der Waals surface area contributed by atoms with E-state index in [1.165, 1.54) is 12.1 Å². The lowest BCUT2D eigenvalue weighted by molar-refractivity contribution is -0.136. The van der Waals surface area contributed by atoms with Crippen molar-refractivity contribution in [2.75, 3.05) is 50.5 Å². The molecular formula is C36H36N4O8S. The van der Waals surface area contributed by atoms with Gasteiger partial charge in [0, 0.05) is 68.6 Å². The third-order valence-electron chi connectivity index (χ3n) is 9.28. The summed E-state index contributed by atoms with van der Waals surface area (Å²) in [6, 6.07) is 20.1. The fourth-order valence-corrected chi connectivity index (χ4v) is 7.47. The van der Waals surface area contributed by atoms with Gasteiger partial charge in [0.15, 0.2) is 15.6 Å². The summed E-state index contributed by atoms with van der Waals surface area (Å²) in [5.41, 5.74) is 2.55. The molecule has 0 saturated carbocycles. The summed E-state index contributed by atoms with van der Waals surface area (Å²) in [6.07, 6.45) is 1.71. The minimum Gasteiger partial charge on any atom is -0.508 e. The molecular weight excluding hydrogens is 648 g/mol. The second-order valence-electron chi connectivity index (χ2n) is 12.6. The first-order valence-corrected chi connectivity index (χ1v) is 18.0. The Morgan fingerprint density at radius 2 is 1.65 bits per heavy atom. The van der Waals surface area contributed by atoms with Crippen molar-refractivity contribution in [2.24, 2.45) is 0 Å². The van der Waals surface area contributed by atoms with E-state index in [9.17, 15) is 27.9 Å². The number of imide groups is 1. The Morgan fingerprint density at radius 3 is 2.39 bits per heavy atom. The van der Waals surface area contributed by atoms with Gasteiger partial charge < -0.3 is 24.4 Å². The average molecular weight is 685 g/mol. The highest BCUT2D eigenvalue weighted by molar-refractivity contribution is 7.90. The fourth-order valence-electron chi connectivity index (χ4n) is 6.67. The van der Waals surface area contributed by atoms with E-state index in [1.54, 1.807) is 47.4 Å². The number of phenolic OH excluding ortho intramolecular Hbond substituents is 1. The number of piperidine rings is 1. The number of phenols is 1. The van der Waals surface area contributed by atoms with Crippen LogP contribution in [0.2, 0.25) is 0 Å². The van der Waals surface area contributed by atoms with Crippen molar-refractivity contribution in [3.05, 3.63) is 83.9 Å². The van der Waals surface area contributed by atoms with Crippen LogP contribution in [0.25, 0.3) is 10.8 Å². The number of carbonyl (C=O) groups excluding carboxylic acids is 3. The molecule has 12 nitrogen and oxygen atoms in total. The standard InChI is InChI=1S/C36H36N4O8S/c1-49(45,46)32-12-2-23-21-26(41)4-10-29(23)34(32)48-28-7-5-27(6-8-28)47-19-18-38-14-16-39(17-15-38)25-3-9-30-24(20-25)22-40(36(30)44)31-11-13-33(42)37-35(31)43/h2-10,12,20-21,31,41H,11,13-19,22H2,1H3,(H,37,42,43). The number of carbonyl (C=O) groups is 3. The van der Waals surface area contributed by atoms with Gasteiger partial charge in [-0.2, -0.15) is 0 Å². The summed E-state index contributed by atoms with van der Waals surface area (Å²) >= 11 is 0. The van der Waals surface area contributed by atoms with E-state index in [4.69, 9.17) is 9.47 Å². The molecule has 0 aliphatic carbocycles. The van der Waals surface area contributed by atoms with Crippen molar-refractivity contribution >= 4 is 44.0 Å². The lowest BCUT2D eigenvalue weighted by Crippen LogP contribution is -2.52. The van der Waals surface area contributed by atoms with Crippen molar-refractivity contribution in [3.63, 3.8) is 0 Å². The molecule has 2 saturated heterocycles. The van der Waals surface area contributed by atoms with Crippen LogP contribution in [0.15, 0.2) is 77.7 Å². The molecule has 0 spiro atoms. The second kappa shape index (κ2) is 13.1. The number of piperazine rings is 1. The fraction of sp³-hybridized carbons (Fsp3) is 0.306. The Labute approximate surface area is 283 Å².